The second kappa shape index (κ2) is 8.21. The van der Waals surface area contributed by atoms with Crippen LogP contribution in [0.4, 0.5) is 0 Å². The number of aromatic nitrogens is 1. The Labute approximate surface area is 172 Å². The number of carbonyl (C=O) groups excluding carboxylic acids is 1. The maximum absolute atomic E-state index is 12.3. The number of para-hydroxylation sites is 1. The number of benzene rings is 2. The van der Waals surface area contributed by atoms with Gasteiger partial charge in [0.2, 0.25) is 0 Å². The lowest BCUT2D eigenvalue weighted by atomic mass is 10.0. The number of rotatable bonds is 5. The van der Waals surface area contributed by atoms with E-state index < -0.39 is 11.6 Å². The lowest BCUT2D eigenvalue weighted by molar-refractivity contribution is -0.138. The summed E-state index contributed by atoms with van der Waals surface area (Å²) in [6, 6.07) is 14.0. The van der Waals surface area contributed by atoms with Crippen LogP contribution in [0.5, 0.6) is 5.75 Å². The zero-order valence-corrected chi connectivity index (χ0v) is 16.3. The summed E-state index contributed by atoms with van der Waals surface area (Å²) >= 11 is 0. The average molecular weight is 401 g/mol. The number of phenolic OH excluding ortho intramolecular Hbond substituents is 1. The molecule has 2 aromatic heterocycles. The lowest BCUT2D eigenvalue weighted by Gasteiger charge is -2.08. The molecule has 6 nitrogen and oxygen atoms in total. The Morgan fingerprint density at radius 1 is 1.17 bits per heavy atom. The molecule has 4 rings (SSSR count). The van der Waals surface area contributed by atoms with Crippen molar-refractivity contribution in [2.24, 2.45) is 0 Å². The molecular weight excluding hydrogens is 382 g/mol. The first-order valence-electron chi connectivity index (χ1n) is 9.52. The summed E-state index contributed by atoms with van der Waals surface area (Å²) in [7, 11) is 0. The normalized spacial score (nSPS) is 11.4. The highest BCUT2D eigenvalue weighted by atomic mass is 16.5. The monoisotopic (exact) mass is 401 g/mol. The maximum atomic E-state index is 12.3. The lowest BCUT2D eigenvalue weighted by Crippen LogP contribution is -2.06. The van der Waals surface area contributed by atoms with E-state index in [1.54, 1.807) is 18.3 Å². The Morgan fingerprint density at radius 2 is 2.00 bits per heavy atom. The van der Waals surface area contributed by atoms with E-state index in [4.69, 9.17) is 9.15 Å². The first-order valence-corrected chi connectivity index (χ1v) is 9.52. The van der Waals surface area contributed by atoms with Gasteiger partial charge in [-0.2, -0.15) is 0 Å². The van der Waals surface area contributed by atoms with Gasteiger partial charge in [-0.1, -0.05) is 31.2 Å². The van der Waals surface area contributed by atoms with Gasteiger partial charge in [0, 0.05) is 46.3 Å². The quantitative estimate of drug-likeness (QED) is 0.303. The van der Waals surface area contributed by atoms with Crippen molar-refractivity contribution < 1.29 is 19.1 Å². The highest BCUT2D eigenvalue weighted by molar-refractivity contribution is 5.93. The highest BCUT2D eigenvalue weighted by Crippen LogP contribution is 2.27. The summed E-state index contributed by atoms with van der Waals surface area (Å²) in [4.78, 5) is 28.4. The molecule has 0 atom stereocenters. The molecular formula is C24H19NO5. The molecule has 30 heavy (non-hydrogen) atoms. The smallest absolute Gasteiger partial charge is 0.336 e. The number of hydrogen-bond acceptors (Lipinski definition) is 6. The van der Waals surface area contributed by atoms with E-state index in [9.17, 15) is 14.7 Å². The molecule has 0 spiro atoms. The van der Waals surface area contributed by atoms with Gasteiger partial charge in [-0.3, -0.25) is 4.98 Å². The number of aryl methyl sites for hydroxylation is 1. The van der Waals surface area contributed by atoms with Crippen LogP contribution in [0.3, 0.4) is 0 Å². The van der Waals surface area contributed by atoms with E-state index in [2.05, 4.69) is 4.98 Å². The predicted molar refractivity (Wildman–Crippen MR) is 114 cm³/mol. The van der Waals surface area contributed by atoms with Crippen molar-refractivity contribution in [3.8, 4) is 5.75 Å². The Kier molecular flexibility index (Phi) is 5.30. The maximum Gasteiger partial charge on any atom is 0.336 e. The number of carbonyl (C=O) groups is 1. The molecule has 0 amide bonds. The van der Waals surface area contributed by atoms with Crippen molar-refractivity contribution >= 4 is 33.9 Å². The van der Waals surface area contributed by atoms with Crippen molar-refractivity contribution in [1.29, 1.82) is 0 Å². The van der Waals surface area contributed by atoms with Crippen molar-refractivity contribution in [3.05, 3.63) is 87.9 Å². The van der Waals surface area contributed by atoms with Gasteiger partial charge in [0.25, 0.3) is 0 Å². The third-order valence-corrected chi connectivity index (χ3v) is 4.84. The van der Waals surface area contributed by atoms with Crippen LogP contribution in [-0.4, -0.2) is 16.1 Å². The summed E-state index contributed by atoms with van der Waals surface area (Å²) in [5, 5.41) is 11.6. The summed E-state index contributed by atoms with van der Waals surface area (Å²) in [5.41, 5.74) is 2.51. The van der Waals surface area contributed by atoms with Gasteiger partial charge < -0.3 is 14.3 Å². The molecule has 0 radical (unpaired) electrons. The molecule has 2 aromatic carbocycles. The predicted octanol–water partition coefficient (Wildman–Crippen LogP) is 4.37. The summed E-state index contributed by atoms with van der Waals surface area (Å²) in [6.45, 7) is 1.82. The molecule has 1 N–H and O–H groups in total. The van der Waals surface area contributed by atoms with Crippen molar-refractivity contribution in [2.75, 3.05) is 0 Å². The molecule has 0 bridgehead atoms. The van der Waals surface area contributed by atoms with Crippen molar-refractivity contribution in [3.63, 3.8) is 0 Å². The van der Waals surface area contributed by atoms with Crippen LogP contribution in [0.25, 0.3) is 27.9 Å². The van der Waals surface area contributed by atoms with Crippen LogP contribution in [0.1, 0.15) is 23.6 Å². The zero-order chi connectivity index (χ0) is 21.1. The summed E-state index contributed by atoms with van der Waals surface area (Å²) < 4.78 is 10.5. The molecule has 0 unspecified atom stereocenters. The van der Waals surface area contributed by atoms with Crippen molar-refractivity contribution in [1.82, 2.24) is 4.98 Å². The number of aromatic hydroxyl groups is 1. The fourth-order valence-corrected chi connectivity index (χ4v) is 3.33. The topological polar surface area (TPSA) is 89.6 Å². The molecule has 0 saturated carbocycles. The van der Waals surface area contributed by atoms with Gasteiger partial charge >= 0.3 is 11.6 Å². The molecule has 0 saturated heterocycles. The minimum absolute atomic E-state index is 0.0638. The highest BCUT2D eigenvalue weighted by Gasteiger charge is 2.11. The van der Waals surface area contributed by atoms with Gasteiger partial charge in [0.15, 0.2) is 0 Å². The Bertz CT molecular complexity index is 1330. The number of fused-ring (bicyclic) bond motifs is 2. The SMILES string of the molecule is CCc1cc2c(COC(=O)/C=C/c3cccc4cccnc34)cc(=O)oc2cc1O. The Morgan fingerprint density at radius 3 is 2.83 bits per heavy atom. The van der Waals surface area contributed by atoms with Crippen LogP contribution < -0.4 is 5.63 Å². The number of pyridine rings is 1. The van der Waals surface area contributed by atoms with Crippen LogP contribution in [0.2, 0.25) is 0 Å². The summed E-state index contributed by atoms with van der Waals surface area (Å²) in [5.74, 6) is -0.479. The zero-order valence-electron chi connectivity index (χ0n) is 16.3. The van der Waals surface area contributed by atoms with Gasteiger partial charge in [0.1, 0.15) is 17.9 Å². The first kappa shape index (κ1) is 19.4. The molecule has 0 aliphatic rings. The third-order valence-electron chi connectivity index (χ3n) is 4.84. The van der Waals surface area contributed by atoms with E-state index in [0.29, 0.717) is 22.9 Å². The molecule has 4 aromatic rings. The number of phenols is 1. The van der Waals surface area contributed by atoms with Gasteiger partial charge in [-0.05, 0) is 30.2 Å². The average Bonchev–Trinajstić information content (AvgIpc) is 2.75. The third kappa shape index (κ3) is 3.93. The fourth-order valence-electron chi connectivity index (χ4n) is 3.33. The number of nitrogens with zero attached hydrogens (tertiary/aromatic N) is 1. The second-order valence-corrected chi connectivity index (χ2v) is 6.78. The molecule has 0 fully saturated rings. The van der Waals surface area contributed by atoms with E-state index in [1.165, 1.54) is 18.2 Å². The molecule has 6 heteroatoms. The van der Waals surface area contributed by atoms with E-state index in [1.807, 2.05) is 37.3 Å². The van der Waals surface area contributed by atoms with Gasteiger partial charge in [-0.15, -0.1) is 0 Å². The van der Waals surface area contributed by atoms with Crippen LogP contribution in [0, 0.1) is 0 Å². The van der Waals surface area contributed by atoms with E-state index in [0.717, 1.165) is 16.5 Å². The first-order chi connectivity index (χ1) is 14.5. The molecule has 2 heterocycles. The summed E-state index contributed by atoms with van der Waals surface area (Å²) in [6.07, 6.45) is 5.30. The fraction of sp³-hybridized carbons (Fsp3) is 0.125. The van der Waals surface area contributed by atoms with Crippen LogP contribution >= 0.6 is 0 Å². The van der Waals surface area contributed by atoms with Crippen LogP contribution in [0.15, 0.2) is 70.0 Å². The van der Waals surface area contributed by atoms with Crippen molar-refractivity contribution in [2.45, 2.75) is 20.0 Å². The standard InChI is InChI=1S/C24H19NO5/c1-2-15-11-19-18(12-23(28)30-21(19)13-20(15)26)14-29-22(27)9-8-17-6-3-5-16-7-4-10-25-24(16)17/h3-13,26H,2,14H2,1H3/b9-8+. The van der Waals surface area contributed by atoms with E-state index >= 15 is 0 Å². The molecule has 150 valence electrons. The number of ether oxygens (including phenoxy) is 1. The minimum Gasteiger partial charge on any atom is -0.508 e. The van der Waals surface area contributed by atoms with Gasteiger partial charge in [-0.25, -0.2) is 9.59 Å². The Hall–Kier alpha value is -3.93. The minimum atomic E-state index is -0.574. The second-order valence-electron chi connectivity index (χ2n) is 6.78. The molecule has 0 aliphatic heterocycles. The Balaban J connectivity index is 1.56. The van der Waals surface area contributed by atoms with E-state index in [-0.39, 0.29) is 17.9 Å². The largest absolute Gasteiger partial charge is 0.508 e. The number of hydrogen-bond donors (Lipinski definition) is 1. The number of esters is 1. The molecule has 0 aliphatic carbocycles. The van der Waals surface area contributed by atoms with Crippen LogP contribution in [-0.2, 0) is 22.6 Å². The van der Waals surface area contributed by atoms with Gasteiger partial charge in [0.05, 0.1) is 5.52 Å².